The third-order valence-electron chi connectivity index (χ3n) is 2.27. The minimum atomic E-state index is 0.0704. The number of hydrogen-bond acceptors (Lipinski definition) is 6. The monoisotopic (exact) mass is 219 g/mol. The van der Waals surface area contributed by atoms with E-state index in [2.05, 4.69) is 20.3 Å². The van der Waals surface area contributed by atoms with Crippen molar-refractivity contribution < 1.29 is 4.52 Å². The molecule has 2 aromatic heterocycles. The molecular formula is C10H13N5O. The fraction of sp³-hybridized carbons (Fsp3) is 0.400. The van der Waals surface area contributed by atoms with Crippen LogP contribution in [0.15, 0.2) is 23.0 Å². The topological polar surface area (TPSA) is 90.7 Å². The molecule has 2 heterocycles. The molecule has 6 nitrogen and oxygen atoms in total. The Hall–Kier alpha value is -1.82. The van der Waals surface area contributed by atoms with Crippen molar-refractivity contribution in [2.45, 2.75) is 25.8 Å². The quantitative estimate of drug-likeness (QED) is 0.818. The first-order chi connectivity index (χ1) is 7.79. The zero-order valence-electron chi connectivity index (χ0n) is 9.00. The van der Waals surface area contributed by atoms with E-state index in [0.717, 1.165) is 12.0 Å². The molecule has 0 saturated heterocycles. The Morgan fingerprint density at radius 2 is 2.31 bits per heavy atom. The second kappa shape index (κ2) is 4.80. The van der Waals surface area contributed by atoms with E-state index < -0.39 is 0 Å². The second-order valence-electron chi connectivity index (χ2n) is 3.52. The second-order valence-corrected chi connectivity index (χ2v) is 3.52. The molecule has 84 valence electrons. The lowest BCUT2D eigenvalue weighted by Gasteiger charge is -2.02. The van der Waals surface area contributed by atoms with E-state index >= 15 is 0 Å². The largest absolute Gasteiger partial charge is 0.334 e. The number of aromatic nitrogens is 4. The highest BCUT2D eigenvalue weighted by atomic mass is 16.5. The van der Waals surface area contributed by atoms with Gasteiger partial charge in [0.2, 0.25) is 0 Å². The molecule has 1 atom stereocenters. The fourth-order valence-corrected chi connectivity index (χ4v) is 1.25. The van der Waals surface area contributed by atoms with Crippen molar-refractivity contribution in [2.24, 2.45) is 5.73 Å². The van der Waals surface area contributed by atoms with Gasteiger partial charge in [-0.15, -0.1) is 0 Å². The third-order valence-corrected chi connectivity index (χ3v) is 2.27. The van der Waals surface area contributed by atoms with Gasteiger partial charge in [0.1, 0.15) is 0 Å². The molecule has 0 aliphatic rings. The Morgan fingerprint density at radius 3 is 3.00 bits per heavy atom. The molecule has 2 rings (SSSR count). The van der Waals surface area contributed by atoms with Gasteiger partial charge in [0.15, 0.2) is 5.82 Å². The van der Waals surface area contributed by atoms with Crippen LogP contribution in [-0.4, -0.2) is 26.4 Å². The van der Waals surface area contributed by atoms with Gasteiger partial charge in [0, 0.05) is 12.5 Å². The number of hydrogen-bond donors (Lipinski definition) is 1. The minimum absolute atomic E-state index is 0.0704. The van der Waals surface area contributed by atoms with Crippen molar-refractivity contribution in [3.05, 3.63) is 24.3 Å². The SMILES string of the molecule is CCC(N)Cc1noc(-c2ccnnc2)n1. The predicted molar refractivity (Wildman–Crippen MR) is 57.3 cm³/mol. The lowest BCUT2D eigenvalue weighted by Crippen LogP contribution is -2.21. The molecule has 0 saturated carbocycles. The highest BCUT2D eigenvalue weighted by Gasteiger charge is 2.11. The van der Waals surface area contributed by atoms with Crippen molar-refractivity contribution >= 4 is 0 Å². The van der Waals surface area contributed by atoms with Crippen LogP contribution in [0.2, 0.25) is 0 Å². The molecule has 2 aromatic rings. The molecule has 0 bridgehead atoms. The Kier molecular flexibility index (Phi) is 3.21. The number of rotatable bonds is 4. The summed E-state index contributed by atoms with van der Waals surface area (Å²) in [5, 5.41) is 11.3. The smallest absolute Gasteiger partial charge is 0.259 e. The summed E-state index contributed by atoms with van der Waals surface area (Å²) in [6, 6.07) is 1.84. The first-order valence-corrected chi connectivity index (χ1v) is 5.15. The Balaban J connectivity index is 2.14. The summed E-state index contributed by atoms with van der Waals surface area (Å²) in [5.74, 6) is 1.08. The molecule has 0 aromatic carbocycles. The van der Waals surface area contributed by atoms with Crippen molar-refractivity contribution in [1.29, 1.82) is 0 Å². The zero-order valence-corrected chi connectivity index (χ0v) is 9.00. The summed E-state index contributed by atoms with van der Waals surface area (Å²) in [5.41, 5.74) is 6.57. The maximum Gasteiger partial charge on any atom is 0.259 e. The van der Waals surface area contributed by atoms with E-state index in [4.69, 9.17) is 10.3 Å². The molecular weight excluding hydrogens is 206 g/mol. The molecule has 0 spiro atoms. The summed E-state index contributed by atoms with van der Waals surface area (Å²) in [7, 11) is 0. The van der Waals surface area contributed by atoms with E-state index in [1.54, 1.807) is 18.5 Å². The molecule has 0 aliphatic carbocycles. The lowest BCUT2D eigenvalue weighted by molar-refractivity contribution is 0.419. The summed E-state index contributed by atoms with van der Waals surface area (Å²) < 4.78 is 5.11. The molecule has 0 amide bonds. The van der Waals surface area contributed by atoms with E-state index in [0.29, 0.717) is 18.1 Å². The molecule has 0 radical (unpaired) electrons. The minimum Gasteiger partial charge on any atom is -0.334 e. The van der Waals surface area contributed by atoms with Crippen molar-refractivity contribution in [3.8, 4) is 11.5 Å². The Labute approximate surface area is 92.9 Å². The highest BCUT2D eigenvalue weighted by molar-refractivity contribution is 5.49. The third kappa shape index (κ3) is 2.40. The van der Waals surface area contributed by atoms with E-state index in [1.165, 1.54) is 0 Å². The van der Waals surface area contributed by atoms with Crippen LogP contribution in [0.25, 0.3) is 11.5 Å². The average molecular weight is 219 g/mol. The highest BCUT2D eigenvalue weighted by Crippen LogP contribution is 2.14. The average Bonchev–Trinajstić information content (AvgIpc) is 2.78. The van der Waals surface area contributed by atoms with Gasteiger partial charge in [-0.2, -0.15) is 15.2 Å². The van der Waals surface area contributed by atoms with Gasteiger partial charge >= 0.3 is 0 Å². The Bertz CT molecular complexity index is 441. The van der Waals surface area contributed by atoms with Crippen molar-refractivity contribution in [1.82, 2.24) is 20.3 Å². The van der Waals surface area contributed by atoms with Crippen LogP contribution < -0.4 is 5.73 Å². The van der Waals surface area contributed by atoms with Gasteiger partial charge < -0.3 is 10.3 Å². The van der Waals surface area contributed by atoms with E-state index in [-0.39, 0.29) is 6.04 Å². The Morgan fingerprint density at radius 1 is 1.44 bits per heavy atom. The summed E-state index contributed by atoms with van der Waals surface area (Å²) >= 11 is 0. The van der Waals surface area contributed by atoms with Crippen LogP contribution in [0.5, 0.6) is 0 Å². The van der Waals surface area contributed by atoms with Crippen LogP contribution in [0.3, 0.4) is 0 Å². The van der Waals surface area contributed by atoms with Gasteiger partial charge in [0.05, 0.1) is 18.0 Å². The van der Waals surface area contributed by atoms with Crippen LogP contribution in [0.4, 0.5) is 0 Å². The first kappa shape index (κ1) is 10.7. The van der Waals surface area contributed by atoms with Crippen LogP contribution >= 0.6 is 0 Å². The lowest BCUT2D eigenvalue weighted by atomic mass is 10.2. The van der Waals surface area contributed by atoms with Crippen LogP contribution in [0.1, 0.15) is 19.2 Å². The summed E-state index contributed by atoms with van der Waals surface area (Å²) in [6.07, 6.45) is 4.67. The predicted octanol–water partition coefficient (Wildman–Crippen LogP) is 0.806. The number of nitrogens with zero attached hydrogens (tertiary/aromatic N) is 4. The molecule has 2 N–H and O–H groups in total. The van der Waals surface area contributed by atoms with E-state index in [9.17, 15) is 0 Å². The molecule has 16 heavy (non-hydrogen) atoms. The standard InChI is InChI=1S/C10H13N5O/c1-2-8(11)5-9-14-10(16-15-9)7-3-4-12-13-6-7/h3-4,6,8H,2,5,11H2,1H3. The van der Waals surface area contributed by atoms with E-state index in [1.807, 2.05) is 6.92 Å². The summed E-state index contributed by atoms with van der Waals surface area (Å²) in [4.78, 5) is 4.24. The zero-order chi connectivity index (χ0) is 11.4. The van der Waals surface area contributed by atoms with Crippen LogP contribution in [-0.2, 0) is 6.42 Å². The fourth-order valence-electron chi connectivity index (χ4n) is 1.25. The van der Waals surface area contributed by atoms with Gasteiger partial charge in [-0.05, 0) is 12.5 Å². The first-order valence-electron chi connectivity index (χ1n) is 5.15. The van der Waals surface area contributed by atoms with Gasteiger partial charge in [-0.25, -0.2) is 0 Å². The normalized spacial score (nSPS) is 12.6. The maximum atomic E-state index is 5.81. The molecule has 0 fully saturated rings. The number of nitrogens with two attached hydrogens (primary N) is 1. The van der Waals surface area contributed by atoms with Gasteiger partial charge in [-0.3, -0.25) is 0 Å². The van der Waals surface area contributed by atoms with Crippen LogP contribution in [0, 0.1) is 0 Å². The summed E-state index contributed by atoms with van der Waals surface area (Å²) in [6.45, 7) is 2.03. The maximum absolute atomic E-state index is 5.81. The van der Waals surface area contributed by atoms with Crippen molar-refractivity contribution in [3.63, 3.8) is 0 Å². The van der Waals surface area contributed by atoms with Gasteiger partial charge in [-0.1, -0.05) is 12.1 Å². The molecule has 1 unspecified atom stereocenters. The van der Waals surface area contributed by atoms with Gasteiger partial charge in [0.25, 0.3) is 5.89 Å². The molecule has 6 heteroatoms. The van der Waals surface area contributed by atoms with Crippen molar-refractivity contribution in [2.75, 3.05) is 0 Å². The molecule has 0 aliphatic heterocycles.